The Morgan fingerprint density at radius 2 is 1.23 bits per heavy atom. The quantitative estimate of drug-likeness (QED) is 0.119. The number of amides is 2. The molecule has 324 valence electrons. The molecule has 11 nitrogen and oxygen atoms in total. The lowest BCUT2D eigenvalue weighted by Crippen LogP contribution is -2.48. The molecule has 0 spiro atoms. The summed E-state index contributed by atoms with van der Waals surface area (Å²) in [4.78, 5) is 58.0. The first kappa shape index (κ1) is 44.7. The first-order chi connectivity index (χ1) is 29.9. The van der Waals surface area contributed by atoms with E-state index in [-0.39, 0.29) is 34.7 Å². The molecule has 1 aliphatic heterocycles. The molecule has 1 fully saturated rings. The smallest absolute Gasteiger partial charge is 0.234 e. The van der Waals surface area contributed by atoms with Gasteiger partial charge < -0.3 is 16.0 Å². The van der Waals surface area contributed by atoms with E-state index in [1.807, 2.05) is 117 Å². The van der Waals surface area contributed by atoms with Crippen LogP contribution < -0.4 is 21.4 Å². The van der Waals surface area contributed by atoms with Gasteiger partial charge in [-0.2, -0.15) is 0 Å². The van der Waals surface area contributed by atoms with Gasteiger partial charge in [0.1, 0.15) is 4.83 Å². The molecule has 2 unspecified atom stereocenters. The molecule has 0 radical (unpaired) electrons. The zero-order valence-corrected chi connectivity index (χ0v) is 37.5. The Kier molecular flexibility index (Phi) is 14.9. The van der Waals surface area contributed by atoms with Crippen LogP contribution in [0.3, 0.4) is 0 Å². The SMILES string of the molecule is CC(NC(=O)CN1CCNCCN(CC(=O)NC(C)c2ccccc2)CCN(Cc2cccc(-c3ccc4c(=O)c5cc(C(C)(C)C)ccc5sc4n3)n2)CC1)c1ccccc1. The van der Waals surface area contributed by atoms with Crippen LogP contribution >= 0.6 is 11.3 Å². The third-order valence-electron chi connectivity index (χ3n) is 11.6. The molecule has 6 aromatic rings. The minimum atomic E-state index is -0.0934. The minimum absolute atomic E-state index is 0.00107. The second-order valence-electron chi connectivity index (χ2n) is 17.4. The summed E-state index contributed by atoms with van der Waals surface area (Å²) in [7, 11) is 0. The lowest BCUT2D eigenvalue weighted by molar-refractivity contribution is -0.123. The number of rotatable bonds is 11. The van der Waals surface area contributed by atoms with Crippen LogP contribution in [0.1, 0.15) is 69.1 Å². The molecule has 4 heterocycles. The highest BCUT2D eigenvalue weighted by molar-refractivity contribution is 7.24. The van der Waals surface area contributed by atoms with E-state index < -0.39 is 0 Å². The zero-order valence-electron chi connectivity index (χ0n) is 36.7. The molecule has 62 heavy (non-hydrogen) atoms. The number of nitrogens with one attached hydrogen (secondary N) is 3. The van der Waals surface area contributed by atoms with Crippen molar-refractivity contribution in [3.8, 4) is 11.4 Å². The number of carbonyl (C=O) groups is 2. The van der Waals surface area contributed by atoms with Gasteiger partial charge in [-0.1, -0.05) is 93.6 Å². The largest absolute Gasteiger partial charge is 0.348 e. The standard InChI is InChI=1S/C50H60N8O3S/c1-35(37-13-8-6-9-14-37)52-46(59)33-56-25-23-51-24-26-57(34-47(60)53-36(2)38-15-10-7-11-16-38)28-30-58(29-27-56)32-40-17-12-18-43(54-40)44-21-20-41-48(61)42-31-39(50(3,4)5)19-22-45(42)62-49(41)55-44/h6-22,31,35-36,51H,23-30,32-34H2,1-5H3,(H,52,59)(H,53,60). The number of benzene rings is 3. The maximum atomic E-state index is 13.7. The molecule has 0 bridgehead atoms. The monoisotopic (exact) mass is 852 g/mol. The van der Waals surface area contributed by atoms with Gasteiger partial charge in [-0.25, -0.2) is 9.97 Å². The first-order valence-corrected chi connectivity index (χ1v) is 22.6. The molecule has 1 aliphatic rings. The lowest BCUT2D eigenvalue weighted by Gasteiger charge is -2.31. The van der Waals surface area contributed by atoms with Crippen molar-refractivity contribution in [1.29, 1.82) is 0 Å². The van der Waals surface area contributed by atoms with E-state index in [0.29, 0.717) is 74.8 Å². The molecular weight excluding hydrogens is 793 g/mol. The highest BCUT2D eigenvalue weighted by Gasteiger charge is 2.21. The van der Waals surface area contributed by atoms with E-state index in [0.717, 1.165) is 51.3 Å². The van der Waals surface area contributed by atoms with E-state index in [4.69, 9.17) is 9.97 Å². The summed E-state index contributed by atoms with van der Waals surface area (Å²) in [6, 6.07) is 35.8. The molecule has 3 aromatic carbocycles. The maximum absolute atomic E-state index is 13.7. The van der Waals surface area contributed by atoms with Gasteiger partial charge in [0.2, 0.25) is 11.8 Å². The van der Waals surface area contributed by atoms with E-state index in [9.17, 15) is 14.4 Å². The van der Waals surface area contributed by atoms with Crippen molar-refractivity contribution in [3.63, 3.8) is 0 Å². The average Bonchev–Trinajstić information content (AvgIpc) is 3.26. The van der Waals surface area contributed by atoms with Crippen LogP contribution in [0.25, 0.3) is 31.7 Å². The summed E-state index contributed by atoms with van der Waals surface area (Å²) in [5, 5.41) is 11.3. The molecule has 12 heteroatoms. The van der Waals surface area contributed by atoms with E-state index >= 15 is 0 Å². The van der Waals surface area contributed by atoms with Crippen LogP contribution in [0.4, 0.5) is 0 Å². The topological polar surface area (TPSA) is 123 Å². The van der Waals surface area contributed by atoms with E-state index in [1.54, 1.807) is 0 Å². The Bertz CT molecular complexity index is 2430. The molecule has 2 amide bonds. The van der Waals surface area contributed by atoms with Crippen molar-refractivity contribution in [3.05, 3.63) is 142 Å². The maximum Gasteiger partial charge on any atom is 0.234 e. The summed E-state index contributed by atoms with van der Waals surface area (Å²) < 4.78 is 0.919. The van der Waals surface area contributed by atoms with Crippen LogP contribution in [0.2, 0.25) is 0 Å². The fourth-order valence-corrected chi connectivity index (χ4v) is 8.91. The van der Waals surface area contributed by atoms with Crippen molar-refractivity contribution >= 4 is 43.5 Å². The third kappa shape index (κ3) is 12.0. The Labute approximate surface area is 369 Å². The second-order valence-corrected chi connectivity index (χ2v) is 18.5. The molecule has 0 saturated carbocycles. The predicted molar refractivity (Wildman–Crippen MR) is 252 cm³/mol. The fraction of sp³-hybridized carbons (Fsp3) is 0.380. The lowest BCUT2D eigenvalue weighted by atomic mass is 9.86. The van der Waals surface area contributed by atoms with Crippen LogP contribution in [0, 0.1) is 0 Å². The normalized spacial score (nSPS) is 16.3. The highest BCUT2D eigenvalue weighted by atomic mass is 32.1. The summed E-state index contributed by atoms with van der Waals surface area (Å²) >= 11 is 1.53. The summed E-state index contributed by atoms with van der Waals surface area (Å²) in [6.45, 7) is 17.3. The molecular formula is C50H60N8O3S. The molecule has 3 N–H and O–H groups in total. The van der Waals surface area contributed by atoms with Gasteiger partial charge >= 0.3 is 0 Å². The van der Waals surface area contributed by atoms with Crippen LogP contribution in [-0.4, -0.2) is 102 Å². The van der Waals surface area contributed by atoms with Gasteiger partial charge in [0.15, 0.2) is 5.43 Å². The number of hydrogen-bond acceptors (Lipinski definition) is 10. The van der Waals surface area contributed by atoms with Gasteiger partial charge in [0, 0.05) is 69.0 Å². The number of aromatic nitrogens is 2. The third-order valence-corrected chi connectivity index (χ3v) is 12.7. The molecule has 3 aromatic heterocycles. The van der Waals surface area contributed by atoms with Crippen LogP contribution in [0.15, 0.2) is 114 Å². The Morgan fingerprint density at radius 1 is 0.661 bits per heavy atom. The second kappa shape index (κ2) is 20.7. The molecule has 2 atom stereocenters. The van der Waals surface area contributed by atoms with Gasteiger partial charge in [-0.15, -0.1) is 11.3 Å². The number of pyridine rings is 2. The predicted octanol–water partition coefficient (Wildman–Crippen LogP) is 6.93. The summed E-state index contributed by atoms with van der Waals surface area (Å²) in [5.41, 5.74) is 5.56. The number of nitrogens with zero attached hydrogens (tertiary/aromatic N) is 5. The Morgan fingerprint density at radius 3 is 1.81 bits per heavy atom. The van der Waals surface area contributed by atoms with E-state index in [1.165, 1.54) is 11.3 Å². The summed E-state index contributed by atoms with van der Waals surface area (Å²) in [5.74, 6) is -0.0151. The molecule has 7 rings (SSSR count). The van der Waals surface area contributed by atoms with Crippen molar-refractivity contribution in [2.75, 3.05) is 65.4 Å². The van der Waals surface area contributed by atoms with Crippen molar-refractivity contribution < 1.29 is 9.59 Å². The average molecular weight is 853 g/mol. The highest BCUT2D eigenvalue weighted by Crippen LogP contribution is 2.30. The van der Waals surface area contributed by atoms with Crippen LogP contribution in [-0.2, 0) is 21.5 Å². The van der Waals surface area contributed by atoms with Crippen molar-refractivity contribution in [2.24, 2.45) is 0 Å². The Balaban J connectivity index is 1.08. The van der Waals surface area contributed by atoms with Gasteiger partial charge in [0.25, 0.3) is 0 Å². The number of carbonyl (C=O) groups excluding carboxylic acids is 2. The van der Waals surface area contributed by atoms with Crippen molar-refractivity contribution in [2.45, 2.75) is 58.7 Å². The zero-order chi connectivity index (χ0) is 43.6. The number of hydrogen-bond donors (Lipinski definition) is 3. The van der Waals surface area contributed by atoms with Gasteiger partial charge in [0.05, 0.1) is 47.6 Å². The fourth-order valence-electron chi connectivity index (χ4n) is 7.89. The molecule has 1 saturated heterocycles. The molecule has 0 aliphatic carbocycles. The van der Waals surface area contributed by atoms with Crippen LogP contribution in [0.5, 0.6) is 0 Å². The Hall–Kier alpha value is -5.37. The summed E-state index contributed by atoms with van der Waals surface area (Å²) in [6.07, 6.45) is 0. The van der Waals surface area contributed by atoms with Gasteiger partial charge in [-0.3, -0.25) is 29.1 Å². The van der Waals surface area contributed by atoms with Gasteiger partial charge in [-0.05, 0) is 72.4 Å². The number of fused-ring (bicyclic) bond motifs is 2. The van der Waals surface area contributed by atoms with Crippen molar-refractivity contribution in [1.82, 2.24) is 40.6 Å². The van der Waals surface area contributed by atoms with E-state index in [2.05, 4.69) is 57.5 Å². The minimum Gasteiger partial charge on any atom is -0.348 e. The first-order valence-electron chi connectivity index (χ1n) is 21.8.